The van der Waals surface area contributed by atoms with E-state index in [-0.39, 0.29) is 16.1 Å². The third kappa shape index (κ3) is 3.66. The molecule has 1 aromatic heterocycles. The number of carbonyl (C=O) groups excluding carboxylic acids is 1. The lowest BCUT2D eigenvalue weighted by atomic mass is 9.93. The molecule has 0 unspecified atom stereocenters. The van der Waals surface area contributed by atoms with E-state index in [1.54, 1.807) is 6.07 Å². The summed E-state index contributed by atoms with van der Waals surface area (Å²) in [5, 5.41) is 16.0. The predicted molar refractivity (Wildman–Crippen MR) is 108 cm³/mol. The van der Waals surface area contributed by atoms with Crippen molar-refractivity contribution in [3.8, 4) is 11.3 Å². The van der Waals surface area contributed by atoms with Crippen LogP contribution in [0.15, 0.2) is 60.7 Å². The molecule has 9 heteroatoms. The Labute approximate surface area is 178 Å². The number of aromatic carboxylic acids is 1. The fourth-order valence-electron chi connectivity index (χ4n) is 3.37. The number of alkyl halides is 3. The molecule has 156 valence electrons. The number of hydrogen-bond donors (Lipinski definition) is 2. The molecule has 0 aliphatic heterocycles. The Bertz CT molecular complexity index is 1330. The maximum absolute atomic E-state index is 13.5. The van der Waals surface area contributed by atoms with Gasteiger partial charge in [-0.2, -0.15) is 18.3 Å². The maximum atomic E-state index is 13.5. The first-order chi connectivity index (χ1) is 14.7. The van der Waals surface area contributed by atoms with Gasteiger partial charge in [-0.25, -0.2) is 4.79 Å². The zero-order chi connectivity index (χ0) is 22.3. The average Bonchev–Trinajstić information content (AvgIpc) is 3.17. The molecule has 0 saturated carbocycles. The number of carboxylic acids is 1. The summed E-state index contributed by atoms with van der Waals surface area (Å²) in [6.07, 6.45) is -4.77. The first kappa shape index (κ1) is 20.6. The molecular formula is C22H12ClF3N2O3. The largest absolute Gasteiger partial charge is 0.478 e. The number of nitrogens with zero attached hydrogens (tertiary/aromatic N) is 1. The Kier molecular flexibility index (Phi) is 5.02. The Morgan fingerprint density at radius 3 is 2.29 bits per heavy atom. The van der Waals surface area contributed by atoms with Gasteiger partial charge in [-0.1, -0.05) is 41.9 Å². The van der Waals surface area contributed by atoms with Crippen LogP contribution in [0.2, 0.25) is 5.02 Å². The highest BCUT2D eigenvalue weighted by atomic mass is 35.5. The first-order valence-corrected chi connectivity index (χ1v) is 9.27. The van der Waals surface area contributed by atoms with Gasteiger partial charge in [-0.3, -0.25) is 9.89 Å². The quantitative estimate of drug-likeness (QED) is 0.388. The van der Waals surface area contributed by atoms with Gasteiger partial charge in [0.05, 0.1) is 27.2 Å². The lowest BCUT2D eigenvalue weighted by molar-refractivity contribution is -0.137. The molecule has 0 aliphatic carbocycles. The number of nitrogens with one attached hydrogen (secondary N) is 1. The molecule has 2 N–H and O–H groups in total. The number of aromatic amines is 1. The van der Waals surface area contributed by atoms with Crippen LogP contribution in [0, 0.1) is 0 Å². The molecule has 1 heterocycles. The normalized spacial score (nSPS) is 11.6. The van der Waals surface area contributed by atoms with E-state index < -0.39 is 29.1 Å². The average molecular weight is 445 g/mol. The minimum Gasteiger partial charge on any atom is -0.478 e. The van der Waals surface area contributed by atoms with Gasteiger partial charge in [0.25, 0.3) is 0 Å². The van der Waals surface area contributed by atoms with Crippen molar-refractivity contribution in [3.05, 3.63) is 87.9 Å². The standard InChI is InChI=1S/C22H12ClF3N2O3/c23-15-5-2-4-14(22(24,25)26)18(15)20(29)13-3-1-6-16-17(13)19(28-27-16)11-7-9-12(10-8-11)21(30)31/h1-10H,(H,27,28)(H,30,31). The van der Waals surface area contributed by atoms with Gasteiger partial charge in [0, 0.05) is 16.5 Å². The van der Waals surface area contributed by atoms with Crippen LogP contribution in [0.25, 0.3) is 22.2 Å². The van der Waals surface area contributed by atoms with Crippen LogP contribution in [-0.2, 0) is 6.18 Å². The van der Waals surface area contributed by atoms with Crippen molar-refractivity contribution < 1.29 is 27.9 Å². The molecule has 0 radical (unpaired) electrons. The summed E-state index contributed by atoms with van der Waals surface area (Å²) in [4.78, 5) is 24.4. The second-order valence-electron chi connectivity index (χ2n) is 6.67. The predicted octanol–water partition coefficient (Wildman–Crippen LogP) is 5.83. The molecule has 5 nitrogen and oxygen atoms in total. The highest BCUT2D eigenvalue weighted by Gasteiger charge is 2.37. The molecule has 4 rings (SSSR count). The molecule has 0 amide bonds. The topological polar surface area (TPSA) is 83.0 Å². The van der Waals surface area contributed by atoms with Crippen LogP contribution in [0.3, 0.4) is 0 Å². The number of halogens is 4. The summed E-state index contributed by atoms with van der Waals surface area (Å²) in [6, 6.07) is 13.5. The van der Waals surface area contributed by atoms with Crippen molar-refractivity contribution in [2.45, 2.75) is 6.18 Å². The number of aromatic nitrogens is 2. The highest BCUT2D eigenvalue weighted by Crippen LogP contribution is 2.38. The Hall–Kier alpha value is -3.65. The summed E-state index contributed by atoms with van der Waals surface area (Å²) < 4.78 is 40.6. The fraction of sp³-hybridized carbons (Fsp3) is 0.0455. The van der Waals surface area contributed by atoms with Gasteiger partial charge >= 0.3 is 12.1 Å². The van der Waals surface area contributed by atoms with Gasteiger partial charge in [0.2, 0.25) is 0 Å². The van der Waals surface area contributed by atoms with Gasteiger partial charge < -0.3 is 5.11 Å². The van der Waals surface area contributed by atoms with Crippen LogP contribution in [0.1, 0.15) is 31.8 Å². The molecule has 4 aromatic rings. The summed E-state index contributed by atoms with van der Waals surface area (Å²) in [6.45, 7) is 0. The first-order valence-electron chi connectivity index (χ1n) is 8.89. The van der Waals surface area contributed by atoms with E-state index in [1.165, 1.54) is 42.5 Å². The van der Waals surface area contributed by atoms with Crippen LogP contribution in [0.4, 0.5) is 13.2 Å². The fourth-order valence-corrected chi connectivity index (χ4v) is 3.63. The molecule has 0 aliphatic rings. The van der Waals surface area contributed by atoms with E-state index in [9.17, 15) is 22.8 Å². The summed E-state index contributed by atoms with van der Waals surface area (Å²) in [5.74, 6) is -2.00. The van der Waals surface area contributed by atoms with E-state index in [0.29, 0.717) is 22.2 Å². The van der Waals surface area contributed by atoms with E-state index in [2.05, 4.69) is 10.2 Å². The van der Waals surface area contributed by atoms with E-state index in [1.807, 2.05) is 0 Å². The number of H-pyrrole nitrogens is 1. The maximum Gasteiger partial charge on any atom is 0.417 e. The van der Waals surface area contributed by atoms with Gasteiger partial charge in [-0.15, -0.1) is 0 Å². The van der Waals surface area contributed by atoms with Crippen LogP contribution < -0.4 is 0 Å². The zero-order valence-corrected chi connectivity index (χ0v) is 16.3. The number of carbonyl (C=O) groups is 2. The van der Waals surface area contributed by atoms with Crippen molar-refractivity contribution in [2.24, 2.45) is 0 Å². The molecule has 0 saturated heterocycles. The smallest absolute Gasteiger partial charge is 0.417 e. The van der Waals surface area contributed by atoms with Gasteiger partial charge in [0.1, 0.15) is 5.69 Å². The van der Waals surface area contributed by atoms with Crippen molar-refractivity contribution in [1.82, 2.24) is 10.2 Å². The SMILES string of the molecule is O=C(O)c1ccc(-c2n[nH]c3cccc(C(=O)c4c(Cl)cccc4C(F)(F)F)c23)cc1. The Morgan fingerprint density at radius 1 is 0.968 bits per heavy atom. The molecule has 31 heavy (non-hydrogen) atoms. The third-order valence-corrected chi connectivity index (χ3v) is 5.10. The van der Waals surface area contributed by atoms with Crippen molar-refractivity contribution in [3.63, 3.8) is 0 Å². The Morgan fingerprint density at radius 2 is 1.65 bits per heavy atom. The van der Waals surface area contributed by atoms with Gasteiger partial charge in [0.15, 0.2) is 5.78 Å². The van der Waals surface area contributed by atoms with Crippen LogP contribution >= 0.6 is 11.6 Å². The second-order valence-corrected chi connectivity index (χ2v) is 7.08. The molecule has 0 fully saturated rings. The van der Waals surface area contributed by atoms with E-state index in [0.717, 1.165) is 12.1 Å². The lowest BCUT2D eigenvalue weighted by Crippen LogP contribution is -2.14. The number of benzene rings is 3. The molecule has 0 bridgehead atoms. The summed E-state index contributed by atoms with van der Waals surface area (Å²) in [5.41, 5.74) is -0.490. The molecule has 3 aromatic carbocycles. The second kappa shape index (κ2) is 7.55. The summed E-state index contributed by atoms with van der Waals surface area (Å²) >= 11 is 6.01. The van der Waals surface area contributed by atoms with Crippen molar-refractivity contribution in [1.29, 1.82) is 0 Å². The number of rotatable bonds is 4. The van der Waals surface area contributed by atoms with Gasteiger partial charge in [-0.05, 0) is 30.3 Å². The number of fused-ring (bicyclic) bond motifs is 1. The number of carboxylic acid groups (broad SMARTS) is 1. The third-order valence-electron chi connectivity index (χ3n) is 4.79. The summed E-state index contributed by atoms with van der Waals surface area (Å²) in [7, 11) is 0. The lowest BCUT2D eigenvalue weighted by Gasteiger charge is -2.14. The minimum absolute atomic E-state index is 0.0119. The van der Waals surface area contributed by atoms with Crippen molar-refractivity contribution in [2.75, 3.05) is 0 Å². The van der Waals surface area contributed by atoms with Crippen LogP contribution in [0.5, 0.6) is 0 Å². The molecule has 0 atom stereocenters. The van der Waals surface area contributed by atoms with Crippen LogP contribution in [-0.4, -0.2) is 27.1 Å². The van der Waals surface area contributed by atoms with Crippen molar-refractivity contribution >= 4 is 34.3 Å². The zero-order valence-electron chi connectivity index (χ0n) is 15.5. The van der Waals surface area contributed by atoms with E-state index in [4.69, 9.17) is 16.7 Å². The number of hydrogen-bond acceptors (Lipinski definition) is 3. The minimum atomic E-state index is -4.77. The molecule has 0 spiro atoms. The highest BCUT2D eigenvalue weighted by molar-refractivity contribution is 6.36. The Balaban J connectivity index is 1.92. The molecular weight excluding hydrogens is 433 g/mol. The monoisotopic (exact) mass is 444 g/mol. The number of ketones is 1. The van der Waals surface area contributed by atoms with E-state index >= 15 is 0 Å².